The Balaban J connectivity index is 1.88. The second-order valence-electron chi connectivity index (χ2n) is 4.81. The molecule has 0 unspecified atom stereocenters. The predicted octanol–water partition coefficient (Wildman–Crippen LogP) is 2.61. The van der Waals surface area contributed by atoms with Gasteiger partial charge in [-0.15, -0.1) is 0 Å². The number of rotatable bonds is 3. The Labute approximate surface area is 112 Å². The van der Waals surface area contributed by atoms with Crippen LogP contribution in [0.2, 0.25) is 0 Å². The van der Waals surface area contributed by atoms with E-state index < -0.39 is 0 Å². The van der Waals surface area contributed by atoms with Crippen LogP contribution in [-0.2, 0) is 6.42 Å². The van der Waals surface area contributed by atoms with Crippen LogP contribution in [-0.4, -0.2) is 29.0 Å². The van der Waals surface area contributed by atoms with Gasteiger partial charge in [-0.25, -0.2) is 9.97 Å². The maximum atomic E-state index is 4.44. The van der Waals surface area contributed by atoms with Crippen molar-refractivity contribution in [2.75, 3.05) is 19.0 Å². The molecule has 3 heterocycles. The van der Waals surface area contributed by atoms with E-state index in [-0.39, 0.29) is 0 Å². The van der Waals surface area contributed by atoms with Crippen molar-refractivity contribution in [1.29, 1.82) is 0 Å². The van der Waals surface area contributed by atoms with E-state index in [9.17, 15) is 0 Å². The molecule has 4 nitrogen and oxygen atoms in total. The molecule has 0 aliphatic rings. The molecule has 3 aromatic rings. The zero-order valence-electron chi connectivity index (χ0n) is 11.1. The summed E-state index contributed by atoms with van der Waals surface area (Å²) < 4.78 is 0. The molecule has 0 radical (unpaired) electrons. The molecule has 0 fully saturated rings. The molecule has 3 rings (SSSR count). The zero-order chi connectivity index (χ0) is 13.2. The summed E-state index contributed by atoms with van der Waals surface area (Å²) in [5, 5.41) is 1.18. The predicted molar refractivity (Wildman–Crippen MR) is 77.5 cm³/mol. The highest BCUT2D eigenvalue weighted by Gasteiger charge is 2.05. The van der Waals surface area contributed by atoms with Crippen molar-refractivity contribution in [1.82, 2.24) is 15.0 Å². The zero-order valence-corrected chi connectivity index (χ0v) is 11.1. The van der Waals surface area contributed by atoms with Crippen molar-refractivity contribution in [3.8, 4) is 0 Å². The fraction of sp³-hybridized carbons (Fsp3) is 0.200. The molecule has 1 N–H and O–H groups in total. The minimum Gasteiger partial charge on any atom is -0.363 e. The fourth-order valence-corrected chi connectivity index (χ4v) is 2.16. The minimum atomic E-state index is 0.867. The van der Waals surface area contributed by atoms with Gasteiger partial charge in [0.05, 0.1) is 0 Å². The van der Waals surface area contributed by atoms with E-state index in [1.165, 1.54) is 16.5 Å². The molecule has 4 heteroatoms. The Hall–Kier alpha value is -2.36. The minimum absolute atomic E-state index is 0.867. The molecule has 3 aromatic heterocycles. The van der Waals surface area contributed by atoms with Gasteiger partial charge < -0.3 is 9.88 Å². The maximum absolute atomic E-state index is 4.44. The summed E-state index contributed by atoms with van der Waals surface area (Å²) in [6.07, 6.45) is 6.63. The lowest BCUT2D eigenvalue weighted by atomic mass is 10.1. The number of hydrogen-bond donors (Lipinski definition) is 1. The highest BCUT2D eigenvalue weighted by Crippen LogP contribution is 2.19. The van der Waals surface area contributed by atoms with Crippen LogP contribution in [0.15, 0.2) is 42.9 Å². The molecular formula is C15H16N4. The number of aromatic nitrogens is 3. The van der Waals surface area contributed by atoms with Gasteiger partial charge in [0.25, 0.3) is 0 Å². The van der Waals surface area contributed by atoms with E-state index in [1.54, 1.807) is 6.20 Å². The smallest absolute Gasteiger partial charge is 0.137 e. The van der Waals surface area contributed by atoms with Gasteiger partial charge >= 0.3 is 0 Å². The van der Waals surface area contributed by atoms with Gasteiger partial charge in [0.15, 0.2) is 0 Å². The first-order valence-corrected chi connectivity index (χ1v) is 6.27. The van der Waals surface area contributed by atoms with Gasteiger partial charge in [-0.2, -0.15) is 0 Å². The van der Waals surface area contributed by atoms with Crippen molar-refractivity contribution in [3.63, 3.8) is 0 Å². The number of anilines is 1. The van der Waals surface area contributed by atoms with Crippen LogP contribution in [0.5, 0.6) is 0 Å². The van der Waals surface area contributed by atoms with Crippen LogP contribution >= 0.6 is 0 Å². The van der Waals surface area contributed by atoms with Gasteiger partial charge in [0, 0.05) is 44.5 Å². The Morgan fingerprint density at radius 3 is 2.79 bits per heavy atom. The molecular weight excluding hydrogens is 236 g/mol. The first kappa shape index (κ1) is 11.7. The quantitative estimate of drug-likeness (QED) is 0.779. The summed E-state index contributed by atoms with van der Waals surface area (Å²) in [5.74, 6) is 0.976. The SMILES string of the molecule is CN(C)c1ccc(Cc2c[nH]c3ncccc23)cn1. The van der Waals surface area contributed by atoms with E-state index in [0.717, 1.165) is 17.9 Å². The molecule has 0 amide bonds. The molecule has 0 atom stereocenters. The third-order valence-corrected chi connectivity index (χ3v) is 3.20. The van der Waals surface area contributed by atoms with E-state index in [2.05, 4.69) is 27.1 Å². The lowest BCUT2D eigenvalue weighted by Crippen LogP contribution is -2.10. The van der Waals surface area contributed by atoms with Gasteiger partial charge in [-0.3, -0.25) is 0 Å². The summed E-state index contributed by atoms with van der Waals surface area (Å²) in [6, 6.07) is 8.23. The van der Waals surface area contributed by atoms with Gasteiger partial charge in [-0.1, -0.05) is 6.07 Å². The third kappa shape index (κ3) is 2.29. The maximum Gasteiger partial charge on any atom is 0.137 e. The van der Waals surface area contributed by atoms with E-state index in [1.807, 2.05) is 43.5 Å². The summed E-state index contributed by atoms with van der Waals surface area (Å²) in [4.78, 5) is 13.9. The van der Waals surface area contributed by atoms with Crippen LogP contribution in [0, 0.1) is 0 Å². The molecule has 0 saturated heterocycles. The van der Waals surface area contributed by atoms with Crippen molar-refractivity contribution in [2.45, 2.75) is 6.42 Å². The monoisotopic (exact) mass is 252 g/mol. The average molecular weight is 252 g/mol. The number of aromatic amines is 1. The Morgan fingerprint density at radius 1 is 1.16 bits per heavy atom. The number of fused-ring (bicyclic) bond motifs is 1. The Morgan fingerprint density at radius 2 is 2.05 bits per heavy atom. The molecule has 19 heavy (non-hydrogen) atoms. The highest BCUT2D eigenvalue weighted by atomic mass is 15.1. The number of pyridine rings is 2. The summed E-state index contributed by atoms with van der Waals surface area (Å²) in [6.45, 7) is 0. The van der Waals surface area contributed by atoms with E-state index in [4.69, 9.17) is 0 Å². The molecule has 96 valence electrons. The second kappa shape index (κ2) is 4.72. The molecule has 0 aliphatic carbocycles. The van der Waals surface area contributed by atoms with Crippen LogP contribution in [0.1, 0.15) is 11.1 Å². The molecule has 0 aliphatic heterocycles. The van der Waals surface area contributed by atoms with E-state index in [0.29, 0.717) is 0 Å². The summed E-state index contributed by atoms with van der Waals surface area (Å²) >= 11 is 0. The molecule has 0 spiro atoms. The molecule has 0 saturated carbocycles. The highest BCUT2D eigenvalue weighted by molar-refractivity contribution is 5.79. The Bertz CT molecular complexity index is 683. The standard InChI is InChI=1S/C15H16N4/c1-19(2)14-6-5-11(9-17-14)8-12-10-18-15-13(12)4-3-7-16-15/h3-7,9-10H,8H2,1-2H3,(H,16,18). The largest absolute Gasteiger partial charge is 0.363 e. The second-order valence-corrected chi connectivity index (χ2v) is 4.81. The van der Waals surface area contributed by atoms with Crippen LogP contribution < -0.4 is 4.90 Å². The van der Waals surface area contributed by atoms with Gasteiger partial charge in [-0.05, 0) is 29.3 Å². The van der Waals surface area contributed by atoms with Crippen LogP contribution in [0.25, 0.3) is 11.0 Å². The van der Waals surface area contributed by atoms with Gasteiger partial charge in [0.1, 0.15) is 11.5 Å². The molecule has 0 bridgehead atoms. The van der Waals surface area contributed by atoms with Crippen LogP contribution in [0.4, 0.5) is 5.82 Å². The number of nitrogens with zero attached hydrogens (tertiary/aromatic N) is 3. The average Bonchev–Trinajstić information content (AvgIpc) is 2.83. The van der Waals surface area contributed by atoms with Crippen LogP contribution in [0.3, 0.4) is 0 Å². The normalized spacial score (nSPS) is 10.8. The van der Waals surface area contributed by atoms with Crippen molar-refractivity contribution in [3.05, 3.63) is 54.0 Å². The first-order valence-electron chi connectivity index (χ1n) is 6.27. The number of H-pyrrole nitrogens is 1. The summed E-state index contributed by atoms with van der Waals surface area (Å²) in [7, 11) is 3.99. The van der Waals surface area contributed by atoms with Crippen molar-refractivity contribution < 1.29 is 0 Å². The molecule has 0 aromatic carbocycles. The lowest BCUT2D eigenvalue weighted by Gasteiger charge is -2.11. The van der Waals surface area contributed by atoms with Gasteiger partial charge in [0.2, 0.25) is 0 Å². The number of nitrogens with one attached hydrogen (secondary N) is 1. The summed E-state index contributed by atoms with van der Waals surface area (Å²) in [5.41, 5.74) is 3.40. The Kier molecular flexibility index (Phi) is 2.91. The van der Waals surface area contributed by atoms with Crippen molar-refractivity contribution >= 4 is 16.9 Å². The topological polar surface area (TPSA) is 44.8 Å². The first-order chi connectivity index (χ1) is 9.24. The fourth-order valence-electron chi connectivity index (χ4n) is 2.16. The number of hydrogen-bond acceptors (Lipinski definition) is 3. The lowest BCUT2D eigenvalue weighted by molar-refractivity contribution is 1.05. The van der Waals surface area contributed by atoms with Crippen molar-refractivity contribution in [2.24, 2.45) is 0 Å². The van der Waals surface area contributed by atoms with E-state index >= 15 is 0 Å². The third-order valence-electron chi connectivity index (χ3n) is 3.20.